The lowest BCUT2D eigenvalue weighted by Crippen LogP contribution is -2.11. The molecule has 0 aliphatic heterocycles. The van der Waals surface area contributed by atoms with Gasteiger partial charge in [-0.1, -0.05) is 32.9 Å². The lowest BCUT2D eigenvalue weighted by molar-refractivity contribution is 0.416. The number of benzene rings is 1. The number of methoxy groups -OCH3 is 1. The molecule has 0 aliphatic rings. The minimum Gasteiger partial charge on any atom is -0.494 e. The highest BCUT2D eigenvalue weighted by atomic mass is 16.5. The van der Waals surface area contributed by atoms with E-state index in [4.69, 9.17) is 9.72 Å². The van der Waals surface area contributed by atoms with Crippen molar-refractivity contribution in [3.63, 3.8) is 0 Å². The fraction of sp³-hybridized carbons (Fsp3) is 0.316. The highest BCUT2D eigenvalue weighted by molar-refractivity contribution is 5.56. The lowest BCUT2D eigenvalue weighted by Gasteiger charge is -2.15. The SMILES string of the molecule is COc1ccccc1N=Nc1c(C(C)(C)C)nc2cc(C)ccn12. The Morgan fingerprint density at radius 2 is 1.83 bits per heavy atom. The largest absolute Gasteiger partial charge is 0.494 e. The standard InChI is InChI=1S/C19H22N4O/c1-13-10-11-23-16(12-13)20-17(19(2,3)4)18(23)22-21-14-8-6-7-9-15(14)24-5/h6-12H,1-5H3. The number of fused-ring (bicyclic) bond motifs is 1. The van der Waals surface area contributed by atoms with Crippen molar-refractivity contribution in [3.05, 3.63) is 53.9 Å². The van der Waals surface area contributed by atoms with E-state index in [1.165, 1.54) is 5.56 Å². The van der Waals surface area contributed by atoms with Gasteiger partial charge in [0.15, 0.2) is 5.82 Å². The van der Waals surface area contributed by atoms with Crippen molar-refractivity contribution in [2.24, 2.45) is 10.2 Å². The van der Waals surface area contributed by atoms with Crippen LogP contribution in [-0.2, 0) is 5.41 Å². The zero-order valence-electron chi connectivity index (χ0n) is 14.7. The summed E-state index contributed by atoms with van der Waals surface area (Å²) in [6, 6.07) is 11.7. The van der Waals surface area contributed by atoms with Crippen LogP contribution in [0.15, 0.2) is 52.8 Å². The van der Waals surface area contributed by atoms with Crippen molar-refractivity contribution < 1.29 is 4.74 Å². The van der Waals surface area contributed by atoms with Crippen molar-refractivity contribution in [1.82, 2.24) is 9.38 Å². The van der Waals surface area contributed by atoms with Crippen LogP contribution in [0.3, 0.4) is 0 Å². The lowest BCUT2D eigenvalue weighted by atomic mass is 9.92. The van der Waals surface area contributed by atoms with E-state index >= 15 is 0 Å². The number of hydrogen-bond donors (Lipinski definition) is 0. The topological polar surface area (TPSA) is 51.2 Å². The van der Waals surface area contributed by atoms with Crippen molar-refractivity contribution in [1.29, 1.82) is 0 Å². The number of aromatic nitrogens is 2. The Kier molecular flexibility index (Phi) is 4.09. The number of para-hydroxylation sites is 1. The number of rotatable bonds is 3. The molecule has 124 valence electrons. The minimum atomic E-state index is -0.130. The molecule has 2 aromatic heterocycles. The summed E-state index contributed by atoms with van der Waals surface area (Å²) in [6.07, 6.45) is 1.99. The van der Waals surface area contributed by atoms with Crippen LogP contribution in [0.1, 0.15) is 32.0 Å². The quantitative estimate of drug-likeness (QED) is 0.609. The average Bonchev–Trinajstić information content (AvgIpc) is 2.91. The van der Waals surface area contributed by atoms with Gasteiger partial charge in [0.1, 0.15) is 17.1 Å². The number of ether oxygens (including phenoxy) is 1. The minimum absolute atomic E-state index is 0.130. The molecule has 5 heteroatoms. The summed E-state index contributed by atoms with van der Waals surface area (Å²) in [5.74, 6) is 1.45. The van der Waals surface area contributed by atoms with Crippen LogP contribution in [0.5, 0.6) is 5.75 Å². The van der Waals surface area contributed by atoms with Gasteiger partial charge in [0.05, 0.1) is 12.8 Å². The zero-order chi connectivity index (χ0) is 17.3. The van der Waals surface area contributed by atoms with Crippen LogP contribution >= 0.6 is 0 Å². The van der Waals surface area contributed by atoms with Crippen molar-refractivity contribution >= 4 is 17.2 Å². The van der Waals surface area contributed by atoms with Crippen molar-refractivity contribution in [2.75, 3.05) is 7.11 Å². The molecule has 0 radical (unpaired) electrons. The molecular formula is C19H22N4O. The van der Waals surface area contributed by atoms with Gasteiger partial charge in [-0.2, -0.15) is 0 Å². The van der Waals surface area contributed by atoms with Crippen LogP contribution in [0.25, 0.3) is 5.65 Å². The number of azo groups is 1. The van der Waals surface area contributed by atoms with Gasteiger partial charge in [0, 0.05) is 11.6 Å². The van der Waals surface area contributed by atoms with Crippen LogP contribution in [0.4, 0.5) is 11.5 Å². The van der Waals surface area contributed by atoms with E-state index in [1.807, 2.05) is 40.9 Å². The highest BCUT2D eigenvalue weighted by Gasteiger charge is 2.24. The third-order valence-corrected chi connectivity index (χ3v) is 3.80. The van der Waals surface area contributed by atoms with Gasteiger partial charge < -0.3 is 4.74 Å². The molecule has 3 aromatic rings. The molecule has 0 saturated carbocycles. The Bertz CT molecular complexity index is 903. The molecule has 24 heavy (non-hydrogen) atoms. The van der Waals surface area contributed by atoms with E-state index < -0.39 is 0 Å². The molecule has 2 heterocycles. The molecule has 0 unspecified atom stereocenters. The van der Waals surface area contributed by atoms with E-state index in [0.29, 0.717) is 11.4 Å². The first kappa shape index (κ1) is 16.2. The van der Waals surface area contributed by atoms with E-state index in [0.717, 1.165) is 17.2 Å². The molecule has 0 fully saturated rings. The van der Waals surface area contributed by atoms with Gasteiger partial charge in [-0.05, 0) is 36.8 Å². The highest BCUT2D eigenvalue weighted by Crippen LogP contribution is 2.34. The summed E-state index contributed by atoms with van der Waals surface area (Å²) < 4.78 is 7.32. The monoisotopic (exact) mass is 322 g/mol. The normalized spacial score (nSPS) is 12.2. The third kappa shape index (κ3) is 3.02. The second-order valence-corrected chi connectivity index (χ2v) is 6.84. The molecule has 0 aliphatic carbocycles. The number of hydrogen-bond acceptors (Lipinski definition) is 4. The fourth-order valence-corrected chi connectivity index (χ4v) is 2.55. The summed E-state index contributed by atoms with van der Waals surface area (Å²) in [5, 5.41) is 8.92. The Labute approximate surface area is 142 Å². The molecule has 0 N–H and O–H groups in total. The van der Waals surface area contributed by atoms with Gasteiger partial charge in [-0.25, -0.2) is 4.98 Å². The maximum Gasteiger partial charge on any atom is 0.183 e. The first-order valence-electron chi connectivity index (χ1n) is 7.94. The molecule has 3 rings (SSSR count). The summed E-state index contributed by atoms with van der Waals surface area (Å²) in [5.41, 5.74) is 3.54. The molecule has 1 aromatic carbocycles. The number of imidazole rings is 1. The van der Waals surface area contributed by atoms with Gasteiger partial charge in [0.2, 0.25) is 0 Å². The molecule has 0 saturated heterocycles. The van der Waals surface area contributed by atoms with Crippen molar-refractivity contribution in [2.45, 2.75) is 33.1 Å². The van der Waals surface area contributed by atoms with E-state index in [1.54, 1.807) is 7.11 Å². The van der Waals surface area contributed by atoms with E-state index in [-0.39, 0.29) is 5.41 Å². The Balaban J connectivity index is 2.15. The van der Waals surface area contributed by atoms with Gasteiger partial charge in [-0.3, -0.25) is 4.40 Å². The van der Waals surface area contributed by atoms with Crippen molar-refractivity contribution in [3.8, 4) is 5.75 Å². The van der Waals surface area contributed by atoms with E-state index in [9.17, 15) is 0 Å². The maximum atomic E-state index is 5.34. The smallest absolute Gasteiger partial charge is 0.183 e. The maximum absolute atomic E-state index is 5.34. The van der Waals surface area contributed by atoms with E-state index in [2.05, 4.69) is 44.0 Å². The first-order chi connectivity index (χ1) is 11.4. The molecular weight excluding hydrogens is 300 g/mol. The predicted octanol–water partition coefficient (Wildman–Crippen LogP) is 5.36. The van der Waals surface area contributed by atoms with Gasteiger partial charge >= 0.3 is 0 Å². The second-order valence-electron chi connectivity index (χ2n) is 6.84. The Morgan fingerprint density at radius 3 is 2.54 bits per heavy atom. The molecule has 0 spiro atoms. The van der Waals surface area contributed by atoms with Crippen LogP contribution < -0.4 is 4.74 Å². The predicted molar refractivity (Wildman–Crippen MR) is 95.8 cm³/mol. The summed E-state index contributed by atoms with van der Waals surface area (Å²) in [4.78, 5) is 4.78. The second kappa shape index (κ2) is 6.07. The first-order valence-corrected chi connectivity index (χ1v) is 7.94. The summed E-state index contributed by atoms with van der Waals surface area (Å²) in [7, 11) is 1.63. The Morgan fingerprint density at radius 1 is 1.08 bits per heavy atom. The fourth-order valence-electron chi connectivity index (χ4n) is 2.55. The van der Waals surface area contributed by atoms with Crippen LogP contribution in [0, 0.1) is 6.92 Å². The molecule has 0 amide bonds. The number of aryl methyl sites for hydroxylation is 1. The number of pyridine rings is 1. The average molecular weight is 322 g/mol. The summed E-state index contributed by atoms with van der Waals surface area (Å²) in [6.45, 7) is 8.44. The van der Waals surface area contributed by atoms with Crippen LogP contribution in [0.2, 0.25) is 0 Å². The van der Waals surface area contributed by atoms with Crippen LogP contribution in [-0.4, -0.2) is 16.5 Å². The molecule has 0 atom stereocenters. The van der Waals surface area contributed by atoms with Gasteiger partial charge in [0.25, 0.3) is 0 Å². The Hall–Kier alpha value is -2.69. The third-order valence-electron chi connectivity index (χ3n) is 3.80. The summed E-state index contributed by atoms with van der Waals surface area (Å²) >= 11 is 0. The zero-order valence-corrected chi connectivity index (χ0v) is 14.7. The molecule has 5 nitrogen and oxygen atoms in total. The number of nitrogens with zero attached hydrogens (tertiary/aromatic N) is 4. The molecule has 0 bridgehead atoms. The van der Waals surface area contributed by atoms with Gasteiger partial charge in [-0.15, -0.1) is 10.2 Å².